The van der Waals surface area contributed by atoms with Crippen LogP contribution in [-0.2, 0) is 0 Å². The number of rotatable bonds is 4. The van der Waals surface area contributed by atoms with Crippen LogP contribution in [0, 0.1) is 10.1 Å². The van der Waals surface area contributed by atoms with Crippen LogP contribution < -0.4 is 4.74 Å². The van der Waals surface area contributed by atoms with Crippen LogP contribution in [0.4, 0.5) is 5.69 Å². The Morgan fingerprint density at radius 2 is 1.67 bits per heavy atom. The second kappa shape index (κ2) is 6.70. The molecule has 2 aromatic carbocycles. The lowest BCUT2D eigenvalue weighted by Crippen LogP contribution is -2.09. The highest BCUT2D eigenvalue weighted by Crippen LogP contribution is 2.28. The van der Waals surface area contributed by atoms with E-state index < -0.39 is 10.9 Å². The molecule has 0 saturated carbocycles. The number of pyridine rings is 1. The van der Waals surface area contributed by atoms with Crippen molar-refractivity contribution in [2.75, 3.05) is 0 Å². The van der Waals surface area contributed by atoms with E-state index in [4.69, 9.17) is 4.74 Å². The van der Waals surface area contributed by atoms with Crippen molar-refractivity contribution in [2.45, 2.75) is 0 Å². The number of carbonyl (C=O) groups is 1. The molecule has 0 bridgehead atoms. The van der Waals surface area contributed by atoms with Gasteiger partial charge in [0.25, 0.3) is 5.69 Å². The van der Waals surface area contributed by atoms with Crippen molar-refractivity contribution >= 4 is 11.7 Å². The van der Waals surface area contributed by atoms with Crippen LogP contribution in [0.3, 0.4) is 0 Å². The van der Waals surface area contributed by atoms with Gasteiger partial charge < -0.3 is 4.74 Å². The number of carbonyl (C=O) groups excluding carboxylic acids is 1. The van der Waals surface area contributed by atoms with Gasteiger partial charge in [-0.15, -0.1) is 0 Å². The van der Waals surface area contributed by atoms with E-state index in [2.05, 4.69) is 4.98 Å². The standard InChI is InChI=1S/C18H12N2O4/c21-18(13-8-10-14(11-9-13)20(22)23)24-17-7-2-1-5-15(17)16-6-3-4-12-19-16/h1-12H. The monoisotopic (exact) mass is 320 g/mol. The van der Waals surface area contributed by atoms with Crippen molar-refractivity contribution in [2.24, 2.45) is 0 Å². The zero-order valence-electron chi connectivity index (χ0n) is 12.5. The van der Waals surface area contributed by atoms with E-state index in [0.29, 0.717) is 17.0 Å². The first kappa shape index (κ1) is 15.4. The molecule has 3 rings (SSSR count). The number of esters is 1. The molecular formula is C18H12N2O4. The van der Waals surface area contributed by atoms with Crippen molar-refractivity contribution in [3.63, 3.8) is 0 Å². The van der Waals surface area contributed by atoms with Gasteiger partial charge in [-0.3, -0.25) is 15.1 Å². The Hall–Kier alpha value is -3.54. The zero-order chi connectivity index (χ0) is 16.9. The van der Waals surface area contributed by atoms with Crippen LogP contribution in [0.25, 0.3) is 11.3 Å². The summed E-state index contributed by atoms with van der Waals surface area (Å²) >= 11 is 0. The molecule has 0 fully saturated rings. The minimum Gasteiger partial charge on any atom is -0.422 e. The summed E-state index contributed by atoms with van der Waals surface area (Å²) in [5, 5.41) is 10.7. The molecule has 0 spiro atoms. The SMILES string of the molecule is O=C(Oc1ccccc1-c1ccccn1)c1ccc([N+](=O)[O-])cc1. The normalized spacial score (nSPS) is 10.2. The minimum atomic E-state index is -0.590. The molecule has 0 saturated heterocycles. The number of nitrogens with zero attached hydrogens (tertiary/aromatic N) is 2. The molecule has 24 heavy (non-hydrogen) atoms. The first-order chi connectivity index (χ1) is 11.6. The molecule has 6 nitrogen and oxygen atoms in total. The van der Waals surface area contributed by atoms with Crippen molar-refractivity contribution in [1.29, 1.82) is 0 Å². The second-order valence-electron chi connectivity index (χ2n) is 4.90. The number of non-ortho nitro benzene ring substituents is 1. The fourth-order valence-corrected chi connectivity index (χ4v) is 2.17. The van der Waals surface area contributed by atoms with Gasteiger partial charge in [-0.1, -0.05) is 18.2 Å². The lowest BCUT2D eigenvalue weighted by Gasteiger charge is -2.09. The largest absolute Gasteiger partial charge is 0.422 e. The van der Waals surface area contributed by atoms with Gasteiger partial charge in [-0.2, -0.15) is 0 Å². The number of para-hydroxylation sites is 1. The summed E-state index contributed by atoms with van der Waals surface area (Å²) in [4.78, 5) is 26.7. The van der Waals surface area contributed by atoms with Gasteiger partial charge in [0.05, 0.1) is 16.2 Å². The van der Waals surface area contributed by atoms with Gasteiger partial charge in [0.15, 0.2) is 0 Å². The van der Waals surface area contributed by atoms with Gasteiger partial charge >= 0.3 is 5.97 Å². The van der Waals surface area contributed by atoms with Gasteiger partial charge in [-0.25, -0.2) is 4.79 Å². The van der Waals surface area contributed by atoms with Gasteiger partial charge in [0, 0.05) is 23.9 Å². The van der Waals surface area contributed by atoms with Crippen LogP contribution in [0.15, 0.2) is 72.9 Å². The van der Waals surface area contributed by atoms with Crippen LogP contribution in [0.5, 0.6) is 5.75 Å². The first-order valence-corrected chi connectivity index (χ1v) is 7.12. The average molecular weight is 320 g/mol. The Morgan fingerprint density at radius 1 is 0.958 bits per heavy atom. The predicted octanol–water partition coefficient (Wildman–Crippen LogP) is 3.88. The number of benzene rings is 2. The van der Waals surface area contributed by atoms with E-state index >= 15 is 0 Å². The van der Waals surface area contributed by atoms with Crippen LogP contribution in [0.2, 0.25) is 0 Å². The molecule has 0 unspecified atom stereocenters. The van der Waals surface area contributed by atoms with E-state index in [1.54, 1.807) is 30.5 Å². The lowest BCUT2D eigenvalue weighted by atomic mass is 10.1. The summed E-state index contributed by atoms with van der Waals surface area (Å²) < 4.78 is 5.44. The van der Waals surface area contributed by atoms with Crippen LogP contribution in [0.1, 0.15) is 10.4 Å². The van der Waals surface area contributed by atoms with E-state index in [-0.39, 0.29) is 11.3 Å². The third-order valence-corrected chi connectivity index (χ3v) is 3.34. The molecule has 0 aliphatic heterocycles. The Morgan fingerprint density at radius 3 is 2.33 bits per heavy atom. The molecule has 1 heterocycles. The fourth-order valence-electron chi connectivity index (χ4n) is 2.17. The Bertz CT molecular complexity index is 877. The van der Waals surface area contributed by atoms with Gasteiger partial charge in [-0.05, 0) is 36.4 Å². The molecule has 0 atom stereocenters. The van der Waals surface area contributed by atoms with E-state index in [1.165, 1.54) is 24.3 Å². The molecule has 118 valence electrons. The molecule has 3 aromatic rings. The number of aromatic nitrogens is 1. The maximum atomic E-state index is 12.3. The van der Waals surface area contributed by atoms with Gasteiger partial charge in [0.1, 0.15) is 5.75 Å². The Balaban J connectivity index is 1.86. The Kier molecular flexibility index (Phi) is 4.29. The predicted molar refractivity (Wildman–Crippen MR) is 87.7 cm³/mol. The van der Waals surface area contributed by atoms with E-state index in [0.717, 1.165) is 0 Å². The molecule has 0 N–H and O–H groups in total. The molecular weight excluding hydrogens is 308 g/mol. The smallest absolute Gasteiger partial charge is 0.343 e. The quantitative estimate of drug-likeness (QED) is 0.315. The molecule has 6 heteroatoms. The van der Waals surface area contributed by atoms with Gasteiger partial charge in [0.2, 0.25) is 0 Å². The maximum absolute atomic E-state index is 12.3. The molecule has 0 radical (unpaired) electrons. The minimum absolute atomic E-state index is 0.0829. The molecule has 1 aromatic heterocycles. The fraction of sp³-hybridized carbons (Fsp3) is 0. The summed E-state index contributed by atoms with van der Waals surface area (Å²) in [7, 11) is 0. The average Bonchev–Trinajstić information content (AvgIpc) is 2.63. The number of nitro benzene ring substituents is 1. The maximum Gasteiger partial charge on any atom is 0.343 e. The summed E-state index contributed by atoms with van der Waals surface area (Å²) in [5.74, 6) is -0.215. The number of hydrogen-bond donors (Lipinski definition) is 0. The molecule has 0 aliphatic carbocycles. The summed E-state index contributed by atoms with van der Waals surface area (Å²) in [6.07, 6.45) is 1.66. The summed E-state index contributed by atoms with van der Waals surface area (Å²) in [6.45, 7) is 0. The Labute approximate surface area is 137 Å². The van der Waals surface area contributed by atoms with Crippen LogP contribution in [-0.4, -0.2) is 15.9 Å². The number of nitro groups is 1. The summed E-state index contributed by atoms with van der Waals surface area (Å²) in [6, 6.07) is 17.8. The van der Waals surface area contributed by atoms with Crippen LogP contribution >= 0.6 is 0 Å². The summed E-state index contributed by atoms with van der Waals surface area (Å²) in [5.41, 5.74) is 1.52. The topological polar surface area (TPSA) is 82.3 Å². The lowest BCUT2D eigenvalue weighted by molar-refractivity contribution is -0.384. The highest BCUT2D eigenvalue weighted by molar-refractivity contribution is 5.92. The van der Waals surface area contributed by atoms with Crippen molar-refractivity contribution in [1.82, 2.24) is 4.98 Å². The van der Waals surface area contributed by atoms with Crippen molar-refractivity contribution < 1.29 is 14.5 Å². The zero-order valence-corrected chi connectivity index (χ0v) is 12.5. The number of ether oxygens (including phenoxy) is 1. The third-order valence-electron chi connectivity index (χ3n) is 3.34. The third kappa shape index (κ3) is 3.27. The van der Waals surface area contributed by atoms with E-state index in [9.17, 15) is 14.9 Å². The van der Waals surface area contributed by atoms with Crippen molar-refractivity contribution in [3.8, 4) is 17.0 Å². The highest BCUT2D eigenvalue weighted by atomic mass is 16.6. The van der Waals surface area contributed by atoms with Crippen molar-refractivity contribution in [3.05, 3.63) is 88.6 Å². The molecule has 0 amide bonds. The number of hydrogen-bond acceptors (Lipinski definition) is 5. The van der Waals surface area contributed by atoms with E-state index in [1.807, 2.05) is 18.2 Å². The molecule has 0 aliphatic rings. The first-order valence-electron chi connectivity index (χ1n) is 7.12. The highest BCUT2D eigenvalue weighted by Gasteiger charge is 2.14. The second-order valence-corrected chi connectivity index (χ2v) is 4.90.